The zero-order valence-corrected chi connectivity index (χ0v) is 4.88. The minimum absolute atomic E-state index is 0. The smallest absolute Gasteiger partial charge is 1.00 e. The molecular weight excluding hydrogens is 206 g/mol. The third-order valence-electron chi connectivity index (χ3n) is 0. The number of rotatable bonds is 0. The molecule has 0 bridgehead atoms. The Morgan fingerprint density at radius 2 is 0.429 bits per heavy atom. The summed E-state index contributed by atoms with van der Waals surface area (Å²) >= 11 is 0. The number of hydrogen-bond acceptors (Lipinski definition) is 0. The summed E-state index contributed by atoms with van der Waals surface area (Å²) in [6.45, 7) is 0. The molecule has 1 radical (unpaired) electrons. The second-order valence-electron chi connectivity index (χ2n) is 0. The predicted molar refractivity (Wildman–Crippen MR) is 0 cm³/mol. The molecule has 0 aromatic rings. The SMILES string of the molecule is [Cr+3].[F-].[F-].[F-].[F-].[F-].[Ni+2]. The average molecular weight is 206 g/mol. The van der Waals surface area contributed by atoms with Gasteiger partial charge in [0.15, 0.2) is 0 Å². The zero-order chi connectivity index (χ0) is 0. The Hall–Kier alpha value is 0.676. The van der Waals surface area contributed by atoms with Crippen LogP contribution in [0.3, 0.4) is 0 Å². The van der Waals surface area contributed by atoms with E-state index in [4.69, 9.17) is 0 Å². The molecule has 0 nitrogen and oxygen atoms in total. The summed E-state index contributed by atoms with van der Waals surface area (Å²) in [5, 5.41) is 0. The van der Waals surface area contributed by atoms with E-state index in [0.29, 0.717) is 0 Å². The summed E-state index contributed by atoms with van der Waals surface area (Å²) in [4.78, 5) is 0. The Balaban J connectivity index is 0. The molecule has 0 saturated heterocycles. The maximum Gasteiger partial charge on any atom is 3.00 e. The fraction of sp³-hybridized carbons (Fsp3) is 0. The molecule has 0 rings (SSSR count). The molecule has 0 fully saturated rings. The van der Waals surface area contributed by atoms with Crippen molar-refractivity contribution in [2.45, 2.75) is 0 Å². The number of halogens is 5. The molecule has 0 aromatic heterocycles. The van der Waals surface area contributed by atoms with Gasteiger partial charge in [-0.1, -0.05) is 0 Å². The third kappa shape index (κ3) is 319. The third-order valence-corrected chi connectivity index (χ3v) is 0. The van der Waals surface area contributed by atoms with Crippen molar-refractivity contribution in [2.75, 3.05) is 0 Å². The van der Waals surface area contributed by atoms with E-state index < -0.39 is 0 Å². The van der Waals surface area contributed by atoms with E-state index >= 15 is 0 Å². The fourth-order valence-corrected chi connectivity index (χ4v) is 0. The van der Waals surface area contributed by atoms with Crippen LogP contribution in [0, 0.1) is 0 Å². The molecule has 0 saturated carbocycles. The van der Waals surface area contributed by atoms with Gasteiger partial charge in [-0.15, -0.1) is 0 Å². The minimum Gasteiger partial charge on any atom is -1.00 e. The van der Waals surface area contributed by atoms with E-state index in [1.54, 1.807) is 0 Å². The normalized spacial score (nSPS) is 0. The Bertz CT molecular complexity index is 8.04. The van der Waals surface area contributed by atoms with Crippen molar-refractivity contribution >= 4 is 0 Å². The van der Waals surface area contributed by atoms with Gasteiger partial charge in [-0.2, -0.15) is 0 Å². The van der Waals surface area contributed by atoms with Crippen LogP contribution in [0.4, 0.5) is 0 Å². The molecule has 0 heterocycles. The predicted octanol–water partition coefficient (Wildman–Crippen LogP) is -15.0. The van der Waals surface area contributed by atoms with Crippen LogP contribution in [0.25, 0.3) is 0 Å². The van der Waals surface area contributed by atoms with Gasteiger partial charge >= 0.3 is 33.9 Å². The molecule has 0 aliphatic carbocycles. The van der Waals surface area contributed by atoms with Gasteiger partial charge in [0.1, 0.15) is 0 Å². The molecule has 0 atom stereocenters. The van der Waals surface area contributed by atoms with Crippen molar-refractivity contribution in [1.29, 1.82) is 0 Å². The van der Waals surface area contributed by atoms with Crippen LogP contribution < -0.4 is 23.5 Å². The molecule has 0 aliphatic heterocycles. The molecule has 0 spiro atoms. The Morgan fingerprint density at radius 3 is 0.429 bits per heavy atom. The van der Waals surface area contributed by atoms with E-state index in [1.165, 1.54) is 0 Å². The van der Waals surface area contributed by atoms with Gasteiger partial charge < -0.3 is 23.5 Å². The van der Waals surface area contributed by atoms with Crippen LogP contribution in [0.2, 0.25) is 0 Å². The van der Waals surface area contributed by atoms with Crippen LogP contribution in [0.1, 0.15) is 0 Å². The first-order valence-corrected chi connectivity index (χ1v) is 0. The standard InChI is InChI=1S/Cr.5FH.Ni/h;5*1H;/q+3;;;;;;+2/p-5. The topological polar surface area (TPSA) is 0 Å². The van der Waals surface area contributed by atoms with Gasteiger partial charge in [-0.3, -0.25) is 0 Å². The largest absolute Gasteiger partial charge is 3.00 e. The van der Waals surface area contributed by atoms with Gasteiger partial charge in [-0.25, -0.2) is 0 Å². The molecule has 0 amide bonds. The summed E-state index contributed by atoms with van der Waals surface area (Å²) in [5.74, 6) is 0. The minimum atomic E-state index is 0. The zero-order valence-electron chi connectivity index (χ0n) is 2.61. The fourth-order valence-electron chi connectivity index (χ4n) is 0. The molecule has 7 heavy (non-hydrogen) atoms. The van der Waals surface area contributed by atoms with Gasteiger partial charge in [0, 0.05) is 0 Å². The van der Waals surface area contributed by atoms with Crippen LogP contribution in [0.5, 0.6) is 0 Å². The summed E-state index contributed by atoms with van der Waals surface area (Å²) in [6, 6.07) is 0. The van der Waals surface area contributed by atoms with Crippen molar-refractivity contribution in [3.63, 3.8) is 0 Å². The Kier molecular flexibility index (Phi) is 50300. The molecular formula is CrF5Ni. The average Bonchev–Trinajstić information content (AvgIpc) is 0. The van der Waals surface area contributed by atoms with Crippen LogP contribution >= 0.6 is 0 Å². The first-order valence-electron chi connectivity index (χ1n) is 0. The maximum absolute atomic E-state index is 0. The second-order valence-corrected chi connectivity index (χ2v) is 0. The van der Waals surface area contributed by atoms with E-state index in [0.717, 1.165) is 0 Å². The summed E-state index contributed by atoms with van der Waals surface area (Å²) in [7, 11) is 0. The summed E-state index contributed by atoms with van der Waals surface area (Å²) < 4.78 is 0. The van der Waals surface area contributed by atoms with Crippen LogP contribution in [0.15, 0.2) is 0 Å². The first-order chi connectivity index (χ1) is 0. The quantitative estimate of drug-likeness (QED) is 0.272. The van der Waals surface area contributed by atoms with Crippen molar-refractivity contribution in [3.8, 4) is 0 Å². The van der Waals surface area contributed by atoms with Crippen LogP contribution in [-0.4, -0.2) is 0 Å². The van der Waals surface area contributed by atoms with E-state index in [9.17, 15) is 0 Å². The molecule has 0 unspecified atom stereocenters. The first kappa shape index (κ1) is 749. The molecule has 0 aliphatic rings. The van der Waals surface area contributed by atoms with E-state index in [-0.39, 0.29) is 57.4 Å². The maximum atomic E-state index is 0. The second kappa shape index (κ2) is 471. The van der Waals surface area contributed by atoms with Gasteiger partial charge in [-0.05, 0) is 0 Å². The number of hydrogen-bond donors (Lipinski definition) is 0. The van der Waals surface area contributed by atoms with Crippen molar-refractivity contribution in [1.82, 2.24) is 0 Å². The summed E-state index contributed by atoms with van der Waals surface area (Å²) in [6.07, 6.45) is 0. The van der Waals surface area contributed by atoms with Crippen molar-refractivity contribution in [3.05, 3.63) is 0 Å². The molecule has 0 aromatic carbocycles. The Morgan fingerprint density at radius 1 is 0.429 bits per heavy atom. The van der Waals surface area contributed by atoms with Gasteiger partial charge in [0.2, 0.25) is 0 Å². The van der Waals surface area contributed by atoms with Gasteiger partial charge in [0.25, 0.3) is 0 Å². The summed E-state index contributed by atoms with van der Waals surface area (Å²) in [5.41, 5.74) is 0. The molecule has 0 N–H and O–H groups in total. The van der Waals surface area contributed by atoms with E-state index in [2.05, 4.69) is 0 Å². The van der Waals surface area contributed by atoms with E-state index in [1.807, 2.05) is 0 Å². The Labute approximate surface area is 57.9 Å². The van der Waals surface area contributed by atoms with Crippen LogP contribution in [-0.2, 0) is 33.9 Å². The molecule has 51 valence electrons. The molecule has 7 heteroatoms. The monoisotopic (exact) mass is 205 g/mol. The van der Waals surface area contributed by atoms with Crippen molar-refractivity contribution in [2.24, 2.45) is 0 Å². The van der Waals surface area contributed by atoms with Gasteiger partial charge in [0.05, 0.1) is 0 Å². The van der Waals surface area contributed by atoms with Crippen molar-refractivity contribution < 1.29 is 57.4 Å².